The molecule has 8 nitrogen and oxygen atoms in total. The number of aryl methyl sites for hydroxylation is 1. The van der Waals surface area contributed by atoms with Gasteiger partial charge in [-0.1, -0.05) is 0 Å². The van der Waals surface area contributed by atoms with Gasteiger partial charge in [0.15, 0.2) is 0 Å². The number of aromatic nitrogens is 3. The molecule has 0 saturated carbocycles. The molecule has 1 aliphatic rings. The summed E-state index contributed by atoms with van der Waals surface area (Å²) in [6, 6.07) is 9.99. The molecular weight excluding hydrogens is 428 g/mol. The van der Waals surface area contributed by atoms with Crippen LogP contribution in [0.5, 0.6) is 5.75 Å². The molecule has 1 aliphatic heterocycles. The van der Waals surface area contributed by atoms with Crippen LogP contribution in [-0.2, 0) is 11.3 Å². The number of anilines is 1. The van der Waals surface area contributed by atoms with Gasteiger partial charge in [-0.05, 0) is 56.0 Å². The van der Waals surface area contributed by atoms with Crippen LogP contribution in [0.15, 0.2) is 36.7 Å². The highest BCUT2D eigenvalue weighted by Crippen LogP contribution is 2.32. The topological polar surface area (TPSA) is 99.0 Å². The van der Waals surface area contributed by atoms with Gasteiger partial charge in [-0.25, -0.2) is 0 Å². The number of ether oxygens (including phenoxy) is 1. The van der Waals surface area contributed by atoms with Gasteiger partial charge in [0.1, 0.15) is 17.3 Å². The molecular formula is C26H28N6O2. The van der Waals surface area contributed by atoms with Crippen molar-refractivity contribution in [3.8, 4) is 11.8 Å². The lowest BCUT2D eigenvalue weighted by Gasteiger charge is -2.27. The number of methoxy groups -OCH3 is 1. The molecule has 2 aromatic heterocycles. The number of hydrogen-bond donors (Lipinski definition) is 2. The first kappa shape index (κ1) is 21.8. The molecule has 0 spiro atoms. The highest BCUT2D eigenvalue weighted by molar-refractivity contribution is 5.95. The van der Waals surface area contributed by atoms with Gasteiger partial charge in [-0.3, -0.25) is 9.48 Å². The number of benzene rings is 2. The lowest BCUT2D eigenvalue weighted by molar-refractivity contribution is -0.130. The van der Waals surface area contributed by atoms with Gasteiger partial charge in [0.2, 0.25) is 5.91 Å². The Bertz CT molecular complexity index is 1400. The lowest BCUT2D eigenvalue weighted by Crippen LogP contribution is -2.39. The molecule has 4 aromatic rings. The molecule has 0 aliphatic carbocycles. The molecule has 5 rings (SSSR count). The molecule has 0 atom stereocenters. The molecule has 1 amide bonds. The predicted molar refractivity (Wildman–Crippen MR) is 132 cm³/mol. The molecule has 2 aromatic carbocycles. The zero-order valence-corrected chi connectivity index (χ0v) is 19.5. The number of piperidine rings is 1. The van der Waals surface area contributed by atoms with Crippen molar-refractivity contribution in [1.82, 2.24) is 19.7 Å². The van der Waals surface area contributed by atoms with Crippen LogP contribution in [0.3, 0.4) is 0 Å². The van der Waals surface area contributed by atoms with E-state index in [1.807, 2.05) is 34.1 Å². The van der Waals surface area contributed by atoms with Crippen molar-refractivity contribution >= 4 is 33.4 Å². The fourth-order valence-electron chi connectivity index (χ4n) is 4.85. The number of carbonyl (C=O) groups is 1. The van der Waals surface area contributed by atoms with E-state index in [1.54, 1.807) is 13.2 Å². The number of likely N-dealkylation sites (tertiary alicyclic amines) is 1. The number of amides is 1. The van der Waals surface area contributed by atoms with Crippen LogP contribution in [0.2, 0.25) is 0 Å². The summed E-state index contributed by atoms with van der Waals surface area (Å²) in [4.78, 5) is 17.9. The number of rotatable bonds is 6. The quantitative estimate of drug-likeness (QED) is 0.454. The third-order valence-corrected chi connectivity index (χ3v) is 6.62. The van der Waals surface area contributed by atoms with Gasteiger partial charge < -0.3 is 19.9 Å². The molecule has 0 unspecified atom stereocenters. The number of fused-ring (bicyclic) bond motifs is 2. The minimum Gasteiger partial charge on any atom is -0.496 e. The molecule has 0 radical (unpaired) electrons. The minimum absolute atomic E-state index is 0.0549. The van der Waals surface area contributed by atoms with E-state index in [2.05, 4.69) is 29.4 Å². The van der Waals surface area contributed by atoms with E-state index in [0.717, 1.165) is 59.1 Å². The van der Waals surface area contributed by atoms with Gasteiger partial charge in [-0.15, -0.1) is 0 Å². The van der Waals surface area contributed by atoms with Crippen LogP contribution in [0.4, 0.5) is 5.69 Å². The van der Waals surface area contributed by atoms with Gasteiger partial charge in [0.25, 0.3) is 0 Å². The molecule has 1 saturated heterocycles. The molecule has 1 fully saturated rings. The summed E-state index contributed by atoms with van der Waals surface area (Å²) in [5.74, 6) is 0.867. The maximum atomic E-state index is 12.7. The molecule has 8 heteroatoms. The third kappa shape index (κ3) is 3.94. The Morgan fingerprint density at radius 1 is 1.26 bits per heavy atom. The van der Waals surface area contributed by atoms with Crippen LogP contribution >= 0.6 is 0 Å². The monoisotopic (exact) mass is 456 g/mol. The molecule has 174 valence electrons. The number of nitrogens with zero attached hydrogens (tertiary/aromatic N) is 4. The predicted octanol–water partition coefficient (Wildman–Crippen LogP) is 4.18. The number of hydrogen-bond acceptors (Lipinski definition) is 5. The smallest absolute Gasteiger partial charge is 0.241 e. The van der Waals surface area contributed by atoms with Crippen LogP contribution in [0.1, 0.15) is 36.0 Å². The van der Waals surface area contributed by atoms with Crippen LogP contribution < -0.4 is 10.1 Å². The Balaban J connectivity index is 1.47. The van der Waals surface area contributed by atoms with E-state index >= 15 is 0 Å². The summed E-state index contributed by atoms with van der Waals surface area (Å²) in [6.07, 6.45) is 7.16. The van der Waals surface area contributed by atoms with Gasteiger partial charge in [0.05, 0.1) is 31.5 Å². The summed E-state index contributed by atoms with van der Waals surface area (Å²) in [7, 11) is 1.68. The minimum atomic E-state index is 0.0549. The van der Waals surface area contributed by atoms with Crippen molar-refractivity contribution in [2.45, 2.75) is 32.7 Å². The fraction of sp³-hybridized carbons (Fsp3) is 0.346. The number of H-pyrrole nitrogens is 1. The average Bonchev–Trinajstić information content (AvgIpc) is 3.52. The Morgan fingerprint density at radius 2 is 2.09 bits per heavy atom. The average molecular weight is 457 g/mol. The maximum absolute atomic E-state index is 12.7. The van der Waals surface area contributed by atoms with E-state index < -0.39 is 0 Å². The summed E-state index contributed by atoms with van der Waals surface area (Å²) in [5, 5.41) is 19.7. The van der Waals surface area contributed by atoms with E-state index in [9.17, 15) is 10.1 Å². The zero-order chi connectivity index (χ0) is 23.7. The fourth-order valence-corrected chi connectivity index (χ4v) is 4.85. The van der Waals surface area contributed by atoms with Crippen molar-refractivity contribution in [3.05, 3.63) is 53.3 Å². The van der Waals surface area contributed by atoms with Crippen LogP contribution in [0, 0.1) is 18.3 Å². The molecule has 2 N–H and O–H groups in total. The van der Waals surface area contributed by atoms with Gasteiger partial charge in [-0.2, -0.15) is 10.4 Å². The van der Waals surface area contributed by atoms with Crippen molar-refractivity contribution in [2.75, 3.05) is 32.1 Å². The van der Waals surface area contributed by atoms with Crippen LogP contribution in [0.25, 0.3) is 21.8 Å². The first-order valence-electron chi connectivity index (χ1n) is 11.6. The molecule has 3 heterocycles. The van der Waals surface area contributed by atoms with E-state index in [0.29, 0.717) is 23.3 Å². The summed E-state index contributed by atoms with van der Waals surface area (Å²) in [5.41, 5.74) is 5.00. The normalized spacial score (nSPS) is 13.9. The molecule has 34 heavy (non-hydrogen) atoms. The first-order chi connectivity index (χ1) is 16.6. The summed E-state index contributed by atoms with van der Waals surface area (Å²) in [6.45, 7) is 4.32. The Morgan fingerprint density at radius 3 is 2.85 bits per heavy atom. The SMILES string of the molecule is COc1cc(C)c2[nH]ccc2c1Cn1cc2ccc(C#N)c(NCC(=O)N3CCCCC3)c2n1. The van der Waals surface area contributed by atoms with Crippen molar-refractivity contribution < 1.29 is 9.53 Å². The summed E-state index contributed by atoms with van der Waals surface area (Å²) < 4.78 is 7.54. The maximum Gasteiger partial charge on any atom is 0.241 e. The van der Waals surface area contributed by atoms with E-state index in [1.165, 1.54) is 6.42 Å². The number of carbonyl (C=O) groups excluding carboxylic acids is 1. The second-order valence-electron chi connectivity index (χ2n) is 8.80. The van der Waals surface area contributed by atoms with Crippen molar-refractivity contribution in [1.29, 1.82) is 5.26 Å². The molecule has 0 bridgehead atoms. The number of nitrogens with one attached hydrogen (secondary N) is 2. The van der Waals surface area contributed by atoms with Gasteiger partial charge in [0, 0.05) is 47.3 Å². The third-order valence-electron chi connectivity index (χ3n) is 6.62. The van der Waals surface area contributed by atoms with Crippen molar-refractivity contribution in [3.63, 3.8) is 0 Å². The Labute approximate surface area is 198 Å². The van der Waals surface area contributed by atoms with Crippen molar-refractivity contribution in [2.24, 2.45) is 0 Å². The first-order valence-corrected chi connectivity index (χ1v) is 11.6. The summed E-state index contributed by atoms with van der Waals surface area (Å²) >= 11 is 0. The number of aromatic amines is 1. The lowest BCUT2D eigenvalue weighted by atomic mass is 10.0. The highest BCUT2D eigenvalue weighted by Gasteiger charge is 2.19. The largest absolute Gasteiger partial charge is 0.496 e. The Kier molecular flexibility index (Phi) is 5.84. The van der Waals surface area contributed by atoms with Crippen LogP contribution in [-0.4, -0.2) is 52.3 Å². The second kappa shape index (κ2) is 9.10. The Hall–Kier alpha value is -3.99. The highest BCUT2D eigenvalue weighted by atomic mass is 16.5. The second-order valence-corrected chi connectivity index (χ2v) is 8.80. The van der Waals surface area contributed by atoms with E-state index in [-0.39, 0.29) is 12.5 Å². The van der Waals surface area contributed by atoms with Gasteiger partial charge >= 0.3 is 0 Å². The zero-order valence-electron chi connectivity index (χ0n) is 19.5. The standard InChI is InChI=1S/C26H28N6O2/c1-17-12-22(34-2)21(20-8-9-28-24(17)20)16-32-15-19-7-6-18(13-27)25(26(19)30-32)29-14-23(33)31-10-4-3-5-11-31/h6-9,12,15,28-29H,3-5,10-11,14,16H2,1-2H3. The number of nitriles is 1. The van der Waals surface area contributed by atoms with E-state index in [4.69, 9.17) is 9.84 Å².